The molecule has 0 radical (unpaired) electrons. The Bertz CT molecular complexity index is 155. The molecule has 1 atom stereocenters. The minimum atomic E-state index is -0.845. The molecule has 2 fully saturated rings. The molecule has 6 nitrogen and oxygen atoms in total. The molecule has 0 amide bonds. The summed E-state index contributed by atoms with van der Waals surface area (Å²) in [6.07, 6.45) is 3.04. The third-order valence-electron chi connectivity index (χ3n) is 1.91. The highest BCUT2D eigenvalue weighted by Crippen LogP contribution is 1.99. The summed E-state index contributed by atoms with van der Waals surface area (Å²) < 4.78 is 0. The Morgan fingerprint density at radius 1 is 1.29 bits per heavy atom. The van der Waals surface area contributed by atoms with Crippen molar-refractivity contribution >= 4 is 5.97 Å². The second kappa shape index (κ2) is 6.72. The smallest absolute Gasteiger partial charge is 0.323 e. The van der Waals surface area contributed by atoms with Crippen LogP contribution in [0.25, 0.3) is 0 Å². The topological polar surface area (TPSA) is 79.8 Å². The Morgan fingerprint density at radius 3 is 2.36 bits per heavy atom. The Labute approximate surface area is 82.5 Å². The quantitative estimate of drug-likeness (QED) is 0.542. The van der Waals surface area contributed by atoms with E-state index in [4.69, 9.17) is 9.94 Å². The summed E-state index contributed by atoms with van der Waals surface area (Å²) in [7, 11) is 0. The summed E-state index contributed by atoms with van der Waals surface area (Å²) in [6, 6.07) is -0.491. The largest absolute Gasteiger partial charge is 0.480 e. The number of nitrogens with one attached hydrogen (secondary N) is 2. The predicted molar refractivity (Wildman–Crippen MR) is 48.3 cm³/mol. The molecule has 1 unspecified atom stereocenters. The van der Waals surface area contributed by atoms with E-state index in [1.807, 2.05) is 0 Å². The number of hydrogen-bond acceptors (Lipinski definition) is 5. The van der Waals surface area contributed by atoms with Gasteiger partial charge in [-0.15, -0.1) is 0 Å². The lowest BCUT2D eigenvalue weighted by Crippen LogP contribution is -2.29. The molecule has 0 aromatic rings. The van der Waals surface area contributed by atoms with E-state index in [1.165, 1.54) is 12.8 Å². The van der Waals surface area contributed by atoms with Gasteiger partial charge in [0.05, 0.1) is 13.2 Å². The van der Waals surface area contributed by atoms with Crippen LogP contribution >= 0.6 is 0 Å². The van der Waals surface area contributed by atoms with Gasteiger partial charge in [0.25, 0.3) is 0 Å². The number of carboxylic acid groups (broad SMARTS) is 1. The monoisotopic (exact) mass is 204 g/mol. The molecule has 2 rings (SSSR count). The number of rotatable bonds is 1. The van der Waals surface area contributed by atoms with Crippen molar-refractivity contribution in [3.63, 3.8) is 0 Å². The van der Waals surface area contributed by atoms with Gasteiger partial charge in [0, 0.05) is 13.0 Å². The van der Waals surface area contributed by atoms with Gasteiger partial charge in [-0.2, -0.15) is 5.48 Å². The second-order valence-electron chi connectivity index (χ2n) is 3.10. The Morgan fingerprint density at radius 2 is 2.14 bits per heavy atom. The zero-order chi connectivity index (χ0) is 10.2. The highest BCUT2D eigenvalue weighted by atomic mass is 16.7. The van der Waals surface area contributed by atoms with Crippen LogP contribution in [0, 0.1) is 0 Å². The molecule has 0 saturated carbocycles. The first-order valence-electron chi connectivity index (χ1n) is 4.75. The van der Waals surface area contributed by atoms with E-state index >= 15 is 0 Å². The maximum Gasteiger partial charge on any atom is 0.323 e. The van der Waals surface area contributed by atoms with Crippen molar-refractivity contribution in [2.24, 2.45) is 0 Å². The lowest BCUT2D eigenvalue weighted by Gasteiger charge is -2.09. The number of aliphatic carboxylic acids is 1. The minimum Gasteiger partial charge on any atom is -0.480 e. The third-order valence-corrected chi connectivity index (χ3v) is 1.91. The normalized spacial score (nSPS) is 26.4. The summed E-state index contributed by atoms with van der Waals surface area (Å²) in [5.41, 5.74) is 5.14. The van der Waals surface area contributed by atoms with Gasteiger partial charge >= 0.3 is 5.97 Å². The maximum absolute atomic E-state index is 10.1. The summed E-state index contributed by atoms with van der Waals surface area (Å²) >= 11 is 0. The predicted octanol–water partition coefficient (Wildman–Crippen LogP) is -0.334. The SMILES string of the molecule is C1CCONC1.O=C(O)C1CCON1. The zero-order valence-corrected chi connectivity index (χ0v) is 7.99. The molecular weight excluding hydrogens is 188 g/mol. The van der Waals surface area contributed by atoms with E-state index in [9.17, 15) is 4.79 Å². The molecule has 2 heterocycles. The molecule has 14 heavy (non-hydrogen) atoms. The van der Waals surface area contributed by atoms with Crippen LogP contribution in [0.3, 0.4) is 0 Å². The van der Waals surface area contributed by atoms with Gasteiger partial charge in [0.1, 0.15) is 6.04 Å². The summed E-state index contributed by atoms with van der Waals surface area (Å²) in [5, 5.41) is 8.27. The molecule has 3 N–H and O–H groups in total. The Kier molecular flexibility index (Phi) is 5.46. The molecule has 82 valence electrons. The summed E-state index contributed by atoms with van der Waals surface area (Å²) in [6.45, 7) is 2.41. The molecule has 2 saturated heterocycles. The molecule has 0 spiro atoms. The van der Waals surface area contributed by atoms with E-state index < -0.39 is 12.0 Å². The molecule has 0 aromatic heterocycles. The van der Waals surface area contributed by atoms with Crippen molar-refractivity contribution < 1.29 is 19.6 Å². The van der Waals surface area contributed by atoms with Crippen molar-refractivity contribution in [3.8, 4) is 0 Å². The van der Waals surface area contributed by atoms with Crippen molar-refractivity contribution in [2.75, 3.05) is 19.8 Å². The fraction of sp³-hybridized carbons (Fsp3) is 0.875. The van der Waals surface area contributed by atoms with Crippen molar-refractivity contribution in [1.29, 1.82) is 0 Å². The standard InChI is InChI=1S/C4H7NO3.C4H9NO/c6-4(7)3-1-2-8-5-3;1-2-4-6-5-3-1/h3,5H,1-2H2,(H,6,7);5H,1-4H2. The zero-order valence-electron chi connectivity index (χ0n) is 7.99. The summed E-state index contributed by atoms with van der Waals surface area (Å²) in [5.74, 6) is -0.845. The third kappa shape index (κ3) is 4.52. The van der Waals surface area contributed by atoms with Gasteiger partial charge in [-0.3, -0.25) is 4.79 Å². The van der Waals surface area contributed by atoms with Gasteiger partial charge in [-0.1, -0.05) is 0 Å². The fourth-order valence-electron chi connectivity index (χ4n) is 1.08. The van der Waals surface area contributed by atoms with Crippen LogP contribution in [0.15, 0.2) is 0 Å². The van der Waals surface area contributed by atoms with Crippen LogP contribution in [-0.4, -0.2) is 36.9 Å². The van der Waals surface area contributed by atoms with E-state index in [0.717, 1.165) is 13.2 Å². The van der Waals surface area contributed by atoms with Gasteiger partial charge in [-0.25, -0.2) is 5.48 Å². The van der Waals surface area contributed by atoms with E-state index in [0.29, 0.717) is 13.0 Å². The maximum atomic E-state index is 10.1. The van der Waals surface area contributed by atoms with Crippen molar-refractivity contribution in [2.45, 2.75) is 25.3 Å². The second-order valence-corrected chi connectivity index (χ2v) is 3.10. The molecular formula is C8H16N2O4. The highest BCUT2D eigenvalue weighted by molar-refractivity contribution is 5.73. The molecule has 2 aliphatic rings. The molecule has 6 heteroatoms. The van der Waals surface area contributed by atoms with Crippen LogP contribution in [-0.2, 0) is 14.5 Å². The van der Waals surface area contributed by atoms with Crippen LogP contribution in [0.5, 0.6) is 0 Å². The van der Waals surface area contributed by atoms with Gasteiger partial charge < -0.3 is 14.8 Å². The molecule has 2 aliphatic heterocycles. The van der Waals surface area contributed by atoms with E-state index in [-0.39, 0.29) is 0 Å². The van der Waals surface area contributed by atoms with Crippen molar-refractivity contribution in [3.05, 3.63) is 0 Å². The molecule has 0 aromatic carbocycles. The number of hydroxylamine groups is 2. The number of carbonyl (C=O) groups is 1. The van der Waals surface area contributed by atoms with Gasteiger partial charge in [0.2, 0.25) is 0 Å². The Balaban J connectivity index is 0.000000146. The van der Waals surface area contributed by atoms with Crippen LogP contribution in [0.1, 0.15) is 19.3 Å². The van der Waals surface area contributed by atoms with Crippen molar-refractivity contribution in [1.82, 2.24) is 11.0 Å². The lowest BCUT2D eigenvalue weighted by molar-refractivity contribution is -0.140. The molecule has 0 bridgehead atoms. The fourth-order valence-corrected chi connectivity index (χ4v) is 1.08. The number of carboxylic acids is 1. The van der Waals surface area contributed by atoms with Crippen LogP contribution in [0.2, 0.25) is 0 Å². The average molecular weight is 204 g/mol. The number of hydrogen-bond donors (Lipinski definition) is 3. The Hall–Kier alpha value is -0.690. The van der Waals surface area contributed by atoms with Crippen LogP contribution in [0.4, 0.5) is 0 Å². The summed E-state index contributed by atoms with van der Waals surface area (Å²) in [4.78, 5) is 19.5. The molecule has 0 aliphatic carbocycles. The van der Waals surface area contributed by atoms with Gasteiger partial charge in [-0.05, 0) is 12.8 Å². The lowest BCUT2D eigenvalue weighted by atomic mass is 10.2. The van der Waals surface area contributed by atoms with E-state index in [2.05, 4.69) is 15.8 Å². The average Bonchev–Trinajstić information content (AvgIpc) is 2.74. The first-order chi connectivity index (χ1) is 6.80. The first-order valence-corrected chi connectivity index (χ1v) is 4.75. The minimum absolute atomic E-state index is 0.491. The first kappa shape index (κ1) is 11.4. The highest BCUT2D eigenvalue weighted by Gasteiger charge is 2.21. The van der Waals surface area contributed by atoms with E-state index in [1.54, 1.807) is 0 Å². The van der Waals surface area contributed by atoms with Gasteiger partial charge in [0.15, 0.2) is 0 Å². The van der Waals surface area contributed by atoms with Crippen LogP contribution < -0.4 is 11.0 Å².